The summed E-state index contributed by atoms with van der Waals surface area (Å²) in [7, 11) is -0.342. The molecule has 0 unspecified atom stereocenters. The fourth-order valence-electron chi connectivity index (χ4n) is 1.56. The molecule has 1 fully saturated rings. The highest BCUT2D eigenvalue weighted by Crippen LogP contribution is 2.21. The van der Waals surface area contributed by atoms with E-state index in [-0.39, 0.29) is 18.3 Å². The third-order valence-electron chi connectivity index (χ3n) is 2.39. The number of phenolic OH excluding ortho intramolecular Hbond substituents is 1. The summed E-state index contributed by atoms with van der Waals surface area (Å²) in [4.78, 5) is 0. The highest BCUT2D eigenvalue weighted by Gasteiger charge is 2.33. The van der Waals surface area contributed by atoms with Crippen molar-refractivity contribution in [1.29, 1.82) is 0 Å². The second kappa shape index (κ2) is 3.87. The first-order valence-corrected chi connectivity index (χ1v) is 5.09. The van der Waals surface area contributed by atoms with Crippen LogP contribution in [0.1, 0.15) is 13.8 Å². The molecular formula is C11H15BO3. The van der Waals surface area contributed by atoms with Gasteiger partial charge in [-0.3, -0.25) is 0 Å². The zero-order valence-corrected chi connectivity index (χ0v) is 9.06. The van der Waals surface area contributed by atoms with Gasteiger partial charge in [0, 0.05) is 18.6 Å². The maximum atomic E-state index is 9.34. The molecule has 1 aromatic carbocycles. The molecule has 15 heavy (non-hydrogen) atoms. The van der Waals surface area contributed by atoms with Gasteiger partial charge < -0.3 is 14.4 Å². The number of rotatable bonds is 1. The van der Waals surface area contributed by atoms with E-state index in [1.165, 1.54) is 0 Å². The molecule has 1 aromatic rings. The minimum atomic E-state index is -0.342. The molecule has 0 radical (unpaired) electrons. The third-order valence-corrected chi connectivity index (χ3v) is 2.39. The van der Waals surface area contributed by atoms with Crippen LogP contribution in [-0.2, 0) is 9.31 Å². The van der Waals surface area contributed by atoms with Crippen molar-refractivity contribution in [1.82, 2.24) is 0 Å². The molecule has 0 atom stereocenters. The minimum Gasteiger partial charge on any atom is -0.508 e. The zero-order chi connectivity index (χ0) is 10.9. The lowest BCUT2D eigenvalue weighted by atomic mass is 9.76. The predicted octanol–water partition coefficient (Wildman–Crippen LogP) is 1.16. The van der Waals surface area contributed by atoms with Crippen molar-refractivity contribution < 1.29 is 14.4 Å². The lowest BCUT2D eigenvalue weighted by Gasteiger charge is -2.33. The van der Waals surface area contributed by atoms with E-state index in [0.29, 0.717) is 13.2 Å². The second-order valence-electron chi connectivity index (χ2n) is 4.71. The highest BCUT2D eigenvalue weighted by molar-refractivity contribution is 6.61. The lowest BCUT2D eigenvalue weighted by Crippen LogP contribution is -2.47. The number of hydrogen-bond acceptors (Lipinski definition) is 3. The largest absolute Gasteiger partial charge is 0.508 e. The van der Waals surface area contributed by atoms with Crippen LogP contribution in [0.3, 0.4) is 0 Å². The van der Waals surface area contributed by atoms with Crippen LogP contribution in [-0.4, -0.2) is 25.4 Å². The van der Waals surface area contributed by atoms with Crippen LogP contribution >= 0.6 is 0 Å². The van der Waals surface area contributed by atoms with Crippen molar-refractivity contribution in [3.8, 4) is 5.75 Å². The Balaban J connectivity index is 2.08. The molecule has 3 nitrogen and oxygen atoms in total. The maximum Gasteiger partial charge on any atom is 0.494 e. The van der Waals surface area contributed by atoms with Crippen LogP contribution in [0.4, 0.5) is 0 Å². The predicted molar refractivity (Wildman–Crippen MR) is 59.2 cm³/mol. The van der Waals surface area contributed by atoms with Crippen LogP contribution in [0.5, 0.6) is 5.75 Å². The molecule has 1 aliphatic rings. The number of hydrogen-bond donors (Lipinski definition) is 1. The molecule has 0 bridgehead atoms. The van der Waals surface area contributed by atoms with Gasteiger partial charge in [-0.1, -0.05) is 26.0 Å². The van der Waals surface area contributed by atoms with Crippen LogP contribution in [0.25, 0.3) is 0 Å². The Morgan fingerprint density at radius 1 is 1.27 bits per heavy atom. The van der Waals surface area contributed by atoms with Crippen molar-refractivity contribution >= 4 is 12.6 Å². The topological polar surface area (TPSA) is 38.7 Å². The van der Waals surface area contributed by atoms with Crippen molar-refractivity contribution in [2.45, 2.75) is 13.8 Å². The molecule has 0 aliphatic carbocycles. The molecule has 0 aromatic heterocycles. The van der Waals surface area contributed by atoms with E-state index in [0.717, 1.165) is 5.46 Å². The van der Waals surface area contributed by atoms with Gasteiger partial charge in [0.05, 0.1) is 0 Å². The average Bonchev–Trinajstić information content (AvgIpc) is 2.17. The van der Waals surface area contributed by atoms with Crippen LogP contribution in [0, 0.1) is 5.41 Å². The molecule has 80 valence electrons. The normalized spacial score (nSPS) is 20.3. The monoisotopic (exact) mass is 206 g/mol. The van der Waals surface area contributed by atoms with E-state index in [1.807, 2.05) is 6.07 Å². The molecule has 0 amide bonds. The van der Waals surface area contributed by atoms with Gasteiger partial charge >= 0.3 is 7.12 Å². The summed E-state index contributed by atoms with van der Waals surface area (Å²) < 4.78 is 11.2. The fourth-order valence-corrected chi connectivity index (χ4v) is 1.56. The summed E-state index contributed by atoms with van der Waals surface area (Å²) >= 11 is 0. The Kier molecular flexibility index (Phi) is 2.71. The van der Waals surface area contributed by atoms with Crippen molar-refractivity contribution in [3.05, 3.63) is 24.3 Å². The quantitative estimate of drug-likeness (QED) is 0.700. The van der Waals surface area contributed by atoms with E-state index in [1.54, 1.807) is 18.2 Å². The highest BCUT2D eigenvalue weighted by atomic mass is 16.6. The molecule has 4 heteroatoms. The van der Waals surface area contributed by atoms with Gasteiger partial charge in [-0.2, -0.15) is 0 Å². The Morgan fingerprint density at radius 2 is 1.93 bits per heavy atom. The molecule has 1 N–H and O–H groups in total. The van der Waals surface area contributed by atoms with Gasteiger partial charge in [0.2, 0.25) is 0 Å². The molecule has 2 rings (SSSR count). The van der Waals surface area contributed by atoms with E-state index in [9.17, 15) is 5.11 Å². The Bertz CT molecular complexity index is 341. The third kappa shape index (κ3) is 2.52. The summed E-state index contributed by atoms with van der Waals surface area (Å²) in [6.45, 7) is 5.55. The Morgan fingerprint density at radius 3 is 2.53 bits per heavy atom. The van der Waals surface area contributed by atoms with Gasteiger partial charge in [-0.25, -0.2) is 0 Å². The van der Waals surface area contributed by atoms with Crippen molar-refractivity contribution in [3.63, 3.8) is 0 Å². The molecular weight excluding hydrogens is 191 g/mol. The van der Waals surface area contributed by atoms with Gasteiger partial charge in [0.25, 0.3) is 0 Å². The average molecular weight is 206 g/mol. The summed E-state index contributed by atoms with van der Waals surface area (Å²) in [5, 5.41) is 9.34. The SMILES string of the molecule is CC1(C)COB(c2cccc(O)c2)OC1. The fraction of sp³-hybridized carbons (Fsp3) is 0.455. The Hall–Kier alpha value is -0.995. The summed E-state index contributed by atoms with van der Waals surface area (Å²) in [6.07, 6.45) is 0. The lowest BCUT2D eigenvalue weighted by molar-refractivity contribution is 0.0343. The van der Waals surface area contributed by atoms with E-state index >= 15 is 0 Å². The summed E-state index contributed by atoms with van der Waals surface area (Å²) in [6, 6.07) is 6.99. The van der Waals surface area contributed by atoms with Gasteiger partial charge in [-0.15, -0.1) is 0 Å². The molecule has 1 heterocycles. The van der Waals surface area contributed by atoms with Crippen molar-refractivity contribution in [2.24, 2.45) is 5.41 Å². The standard InChI is InChI=1S/C11H15BO3/c1-11(2)7-14-12(15-8-11)9-4-3-5-10(13)6-9/h3-6,13H,7-8H2,1-2H3. The van der Waals surface area contributed by atoms with E-state index in [4.69, 9.17) is 9.31 Å². The first-order valence-electron chi connectivity index (χ1n) is 5.09. The molecule has 0 spiro atoms. The van der Waals surface area contributed by atoms with E-state index in [2.05, 4.69) is 13.8 Å². The zero-order valence-electron chi connectivity index (χ0n) is 9.06. The number of benzene rings is 1. The van der Waals surface area contributed by atoms with Crippen LogP contribution in [0.2, 0.25) is 0 Å². The smallest absolute Gasteiger partial charge is 0.494 e. The van der Waals surface area contributed by atoms with Crippen LogP contribution < -0.4 is 5.46 Å². The first kappa shape index (κ1) is 10.5. The molecule has 0 saturated carbocycles. The van der Waals surface area contributed by atoms with Gasteiger partial charge in [0.1, 0.15) is 5.75 Å². The minimum absolute atomic E-state index is 0.0767. The second-order valence-corrected chi connectivity index (χ2v) is 4.71. The molecule has 1 saturated heterocycles. The number of phenols is 1. The van der Waals surface area contributed by atoms with E-state index < -0.39 is 0 Å². The Labute approximate surface area is 90.2 Å². The number of aromatic hydroxyl groups is 1. The maximum absolute atomic E-state index is 9.34. The summed E-state index contributed by atoms with van der Waals surface area (Å²) in [5.74, 6) is 0.240. The van der Waals surface area contributed by atoms with Crippen molar-refractivity contribution in [2.75, 3.05) is 13.2 Å². The summed E-state index contributed by atoms with van der Waals surface area (Å²) in [5.41, 5.74) is 0.943. The van der Waals surface area contributed by atoms with Gasteiger partial charge in [0.15, 0.2) is 0 Å². The molecule has 1 aliphatic heterocycles. The van der Waals surface area contributed by atoms with Crippen LogP contribution in [0.15, 0.2) is 24.3 Å². The van der Waals surface area contributed by atoms with Gasteiger partial charge in [-0.05, 0) is 17.6 Å². The first-order chi connectivity index (χ1) is 7.07.